The van der Waals surface area contributed by atoms with Crippen LogP contribution in [-0.2, 0) is 10.0 Å². The minimum absolute atomic E-state index is 0.0210. The van der Waals surface area contributed by atoms with Crippen molar-refractivity contribution in [3.63, 3.8) is 0 Å². The monoisotopic (exact) mass is 318 g/mol. The van der Waals surface area contributed by atoms with Gasteiger partial charge in [0.05, 0.1) is 5.75 Å². The summed E-state index contributed by atoms with van der Waals surface area (Å²) in [4.78, 5) is 12.2. The molecule has 1 amide bonds. The Morgan fingerprint density at radius 2 is 1.73 bits per heavy atom. The van der Waals surface area contributed by atoms with E-state index in [9.17, 15) is 13.2 Å². The predicted molar refractivity (Wildman–Crippen MR) is 88.7 cm³/mol. The van der Waals surface area contributed by atoms with E-state index in [-0.39, 0.29) is 11.7 Å². The SMILES string of the molecule is CCS(=O)(=O)Nc1cccc(C(=O)Nc2ccc(C)cc2)c1. The Morgan fingerprint density at radius 1 is 1.05 bits per heavy atom. The summed E-state index contributed by atoms with van der Waals surface area (Å²) >= 11 is 0. The zero-order valence-electron chi connectivity index (χ0n) is 12.5. The molecule has 0 unspecified atom stereocenters. The number of nitrogens with one attached hydrogen (secondary N) is 2. The normalized spacial score (nSPS) is 11.0. The van der Waals surface area contributed by atoms with Gasteiger partial charge in [0.1, 0.15) is 0 Å². The molecule has 0 fully saturated rings. The maximum Gasteiger partial charge on any atom is 0.255 e. The number of hydrogen-bond acceptors (Lipinski definition) is 3. The summed E-state index contributed by atoms with van der Waals surface area (Å²) in [5, 5.41) is 2.77. The average Bonchev–Trinajstić information content (AvgIpc) is 2.49. The lowest BCUT2D eigenvalue weighted by Crippen LogP contribution is -2.16. The highest BCUT2D eigenvalue weighted by Gasteiger charge is 2.10. The fourth-order valence-corrected chi connectivity index (χ4v) is 2.45. The number of anilines is 2. The Bertz CT molecular complexity index is 768. The third-order valence-corrected chi connectivity index (χ3v) is 4.39. The van der Waals surface area contributed by atoms with E-state index in [1.807, 2.05) is 31.2 Å². The first-order valence-electron chi connectivity index (χ1n) is 6.88. The van der Waals surface area contributed by atoms with Gasteiger partial charge in [0.2, 0.25) is 10.0 Å². The fourth-order valence-electron chi connectivity index (χ4n) is 1.82. The van der Waals surface area contributed by atoms with Gasteiger partial charge < -0.3 is 5.32 Å². The molecule has 0 spiro atoms. The van der Waals surface area contributed by atoms with Gasteiger partial charge in [-0.25, -0.2) is 8.42 Å². The van der Waals surface area contributed by atoms with Gasteiger partial charge in [0, 0.05) is 16.9 Å². The molecule has 5 nitrogen and oxygen atoms in total. The summed E-state index contributed by atoms with van der Waals surface area (Å²) in [6, 6.07) is 13.8. The van der Waals surface area contributed by atoms with Crippen LogP contribution in [0.2, 0.25) is 0 Å². The minimum Gasteiger partial charge on any atom is -0.322 e. The van der Waals surface area contributed by atoms with E-state index in [0.29, 0.717) is 16.9 Å². The number of hydrogen-bond donors (Lipinski definition) is 2. The maximum atomic E-state index is 12.2. The van der Waals surface area contributed by atoms with Crippen LogP contribution < -0.4 is 10.0 Å². The van der Waals surface area contributed by atoms with Crippen LogP contribution in [0.1, 0.15) is 22.8 Å². The summed E-state index contributed by atoms with van der Waals surface area (Å²) < 4.78 is 25.5. The van der Waals surface area contributed by atoms with Crippen molar-refractivity contribution in [1.29, 1.82) is 0 Å². The van der Waals surface area contributed by atoms with E-state index in [2.05, 4.69) is 10.0 Å². The van der Waals surface area contributed by atoms with E-state index >= 15 is 0 Å². The van der Waals surface area contributed by atoms with Crippen LogP contribution in [0, 0.1) is 6.92 Å². The van der Waals surface area contributed by atoms with Gasteiger partial charge in [-0.1, -0.05) is 23.8 Å². The number of benzene rings is 2. The predicted octanol–water partition coefficient (Wildman–Crippen LogP) is 3.01. The average molecular weight is 318 g/mol. The van der Waals surface area contributed by atoms with Crippen LogP contribution in [0.25, 0.3) is 0 Å². The van der Waals surface area contributed by atoms with Crippen molar-refractivity contribution < 1.29 is 13.2 Å². The van der Waals surface area contributed by atoms with Gasteiger partial charge in [-0.3, -0.25) is 9.52 Å². The zero-order valence-corrected chi connectivity index (χ0v) is 13.3. The van der Waals surface area contributed by atoms with Crippen LogP contribution in [-0.4, -0.2) is 20.1 Å². The molecule has 0 bridgehead atoms. The number of rotatable bonds is 5. The van der Waals surface area contributed by atoms with Crippen LogP contribution in [0.4, 0.5) is 11.4 Å². The molecular formula is C16H18N2O3S. The maximum absolute atomic E-state index is 12.2. The molecule has 2 aromatic rings. The van der Waals surface area contributed by atoms with E-state index in [1.165, 1.54) is 6.07 Å². The molecule has 0 saturated heterocycles. The summed E-state index contributed by atoms with van der Waals surface area (Å²) in [5.41, 5.74) is 2.55. The standard InChI is InChI=1S/C16H18N2O3S/c1-3-22(20,21)18-15-6-4-5-13(11-15)16(19)17-14-9-7-12(2)8-10-14/h4-11,18H,3H2,1-2H3,(H,17,19). The Labute approximate surface area is 130 Å². The second-order valence-corrected chi connectivity index (χ2v) is 6.92. The summed E-state index contributed by atoms with van der Waals surface area (Å²) in [6.07, 6.45) is 0. The Kier molecular flexibility index (Phi) is 4.82. The summed E-state index contributed by atoms with van der Waals surface area (Å²) in [5.74, 6) is -0.311. The van der Waals surface area contributed by atoms with Gasteiger partial charge in [-0.05, 0) is 44.2 Å². The van der Waals surface area contributed by atoms with E-state index in [1.54, 1.807) is 25.1 Å². The number of aryl methyl sites for hydroxylation is 1. The molecule has 2 N–H and O–H groups in total. The number of carbonyl (C=O) groups excluding carboxylic acids is 1. The molecule has 0 atom stereocenters. The van der Waals surface area contributed by atoms with Crippen molar-refractivity contribution in [3.8, 4) is 0 Å². The highest BCUT2D eigenvalue weighted by molar-refractivity contribution is 7.92. The van der Waals surface area contributed by atoms with E-state index < -0.39 is 10.0 Å². The molecule has 6 heteroatoms. The highest BCUT2D eigenvalue weighted by atomic mass is 32.2. The van der Waals surface area contributed by atoms with Crippen molar-refractivity contribution in [3.05, 3.63) is 59.7 Å². The first-order chi connectivity index (χ1) is 10.4. The molecule has 0 aliphatic carbocycles. The smallest absolute Gasteiger partial charge is 0.255 e. The van der Waals surface area contributed by atoms with Crippen molar-refractivity contribution in [2.45, 2.75) is 13.8 Å². The third kappa shape index (κ3) is 4.33. The van der Waals surface area contributed by atoms with Crippen LogP contribution in [0.5, 0.6) is 0 Å². The van der Waals surface area contributed by atoms with Gasteiger partial charge in [0.15, 0.2) is 0 Å². The molecule has 2 rings (SSSR count). The quantitative estimate of drug-likeness (QED) is 0.890. The zero-order chi connectivity index (χ0) is 16.2. The minimum atomic E-state index is -3.36. The van der Waals surface area contributed by atoms with Crippen molar-refractivity contribution >= 4 is 27.3 Å². The lowest BCUT2D eigenvalue weighted by molar-refractivity contribution is 0.102. The number of sulfonamides is 1. The second-order valence-electron chi connectivity index (χ2n) is 4.91. The first kappa shape index (κ1) is 16.0. The van der Waals surface area contributed by atoms with Gasteiger partial charge in [0.25, 0.3) is 5.91 Å². The molecule has 0 aliphatic heterocycles. The van der Waals surface area contributed by atoms with Crippen molar-refractivity contribution in [1.82, 2.24) is 0 Å². The van der Waals surface area contributed by atoms with Crippen molar-refractivity contribution in [2.24, 2.45) is 0 Å². The molecule has 0 radical (unpaired) electrons. The van der Waals surface area contributed by atoms with Gasteiger partial charge in [-0.15, -0.1) is 0 Å². The molecule has 0 aliphatic rings. The fraction of sp³-hybridized carbons (Fsp3) is 0.188. The lowest BCUT2D eigenvalue weighted by Gasteiger charge is -2.09. The largest absolute Gasteiger partial charge is 0.322 e. The molecule has 0 aromatic heterocycles. The Hall–Kier alpha value is -2.34. The van der Waals surface area contributed by atoms with E-state index in [0.717, 1.165) is 5.56 Å². The molecule has 2 aromatic carbocycles. The molecule has 0 heterocycles. The topological polar surface area (TPSA) is 75.3 Å². The third-order valence-electron chi connectivity index (χ3n) is 3.09. The number of carbonyl (C=O) groups is 1. The van der Waals surface area contributed by atoms with Crippen LogP contribution in [0.15, 0.2) is 48.5 Å². The molecular weight excluding hydrogens is 300 g/mol. The first-order valence-corrected chi connectivity index (χ1v) is 8.53. The number of amides is 1. The summed E-state index contributed by atoms with van der Waals surface area (Å²) in [6.45, 7) is 3.52. The van der Waals surface area contributed by atoms with Crippen LogP contribution >= 0.6 is 0 Å². The molecule has 22 heavy (non-hydrogen) atoms. The Balaban J connectivity index is 2.15. The Morgan fingerprint density at radius 3 is 2.36 bits per heavy atom. The van der Waals surface area contributed by atoms with Gasteiger partial charge in [-0.2, -0.15) is 0 Å². The lowest BCUT2D eigenvalue weighted by atomic mass is 10.2. The second kappa shape index (κ2) is 6.62. The van der Waals surface area contributed by atoms with E-state index in [4.69, 9.17) is 0 Å². The van der Waals surface area contributed by atoms with Crippen LogP contribution in [0.3, 0.4) is 0 Å². The molecule has 116 valence electrons. The van der Waals surface area contributed by atoms with Gasteiger partial charge >= 0.3 is 0 Å². The molecule has 0 saturated carbocycles. The summed E-state index contributed by atoms with van der Waals surface area (Å²) in [7, 11) is -3.36. The van der Waals surface area contributed by atoms with Crippen molar-refractivity contribution in [2.75, 3.05) is 15.8 Å². The highest BCUT2D eigenvalue weighted by Crippen LogP contribution is 2.15.